The van der Waals surface area contributed by atoms with Crippen molar-refractivity contribution in [3.05, 3.63) is 30.3 Å². The van der Waals surface area contributed by atoms with Crippen LogP contribution in [-0.4, -0.2) is 52.1 Å². The molecule has 2 amide bonds. The Morgan fingerprint density at radius 3 is 2.69 bits per heavy atom. The molecule has 0 radical (unpaired) electrons. The minimum absolute atomic E-state index is 0.0115. The highest BCUT2D eigenvalue weighted by atomic mass is 16.5. The molecule has 1 aliphatic carbocycles. The van der Waals surface area contributed by atoms with E-state index in [2.05, 4.69) is 15.5 Å². The third kappa shape index (κ3) is 4.44. The monoisotopic (exact) mass is 398 g/mol. The maximum absolute atomic E-state index is 12.3. The molecule has 0 unspecified atom stereocenters. The third-order valence-corrected chi connectivity index (χ3v) is 5.29. The van der Waals surface area contributed by atoms with E-state index in [1.165, 1.54) is 0 Å². The molecule has 1 atom stereocenters. The summed E-state index contributed by atoms with van der Waals surface area (Å²) in [6, 6.07) is 9.30. The van der Waals surface area contributed by atoms with Crippen molar-refractivity contribution < 1.29 is 23.5 Å². The molecule has 4 rings (SSSR count). The van der Waals surface area contributed by atoms with Gasteiger partial charge in [0, 0.05) is 24.6 Å². The normalized spacial score (nSPS) is 19.5. The van der Waals surface area contributed by atoms with Gasteiger partial charge in [-0.25, -0.2) is 0 Å². The zero-order valence-corrected chi connectivity index (χ0v) is 15.9. The fourth-order valence-electron chi connectivity index (χ4n) is 3.84. The van der Waals surface area contributed by atoms with Crippen molar-refractivity contribution in [2.24, 2.45) is 5.92 Å². The van der Waals surface area contributed by atoms with E-state index in [0.717, 1.165) is 31.2 Å². The zero-order chi connectivity index (χ0) is 20.2. The predicted molar refractivity (Wildman–Crippen MR) is 101 cm³/mol. The van der Waals surface area contributed by atoms with Crippen molar-refractivity contribution >= 4 is 23.8 Å². The number of aromatic nitrogens is 2. The summed E-state index contributed by atoms with van der Waals surface area (Å²) in [5.74, 6) is -1.39. The van der Waals surface area contributed by atoms with Gasteiger partial charge < -0.3 is 14.1 Å². The van der Waals surface area contributed by atoms with Crippen LogP contribution >= 0.6 is 0 Å². The van der Waals surface area contributed by atoms with Crippen molar-refractivity contribution in [2.75, 3.05) is 18.5 Å². The van der Waals surface area contributed by atoms with E-state index in [4.69, 9.17) is 9.15 Å². The first-order valence-corrected chi connectivity index (χ1v) is 9.75. The number of amides is 2. The number of carbonyl (C=O) groups excluding carboxylic acids is 3. The molecule has 1 saturated carbocycles. The molecule has 2 aromatic rings. The number of hydrogen-bond acceptors (Lipinski definition) is 7. The van der Waals surface area contributed by atoms with E-state index in [-0.39, 0.29) is 30.3 Å². The molecule has 9 nitrogen and oxygen atoms in total. The molecule has 9 heteroatoms. The molecular formula is C20H22N4O5. The lowest BCUT2D eigenvalue weighted by Crippen LogP contribution is -2.35. The summed E-state index contributed by atoms with van der Waals surface area (Å²) < 4.78 is 10.5. The van der Waals surface area contributed by atoms with Gasteiger partial charge in [0.25, 0.3) is 5.91 Å². The standard InChI is InChI=1S/C20H22N4O5/c25-16(21-20-23-22-18(29-20)13-6-2-1-3-7-13)12-28-19(27)14-10-17(26)24(11-14)15-8-4-5-9-15/h1-3,6-7,14-15H,4-5,8-12H2,(H,21,23,25)/t14-/m1/s1. The molecule has 2 heterocycles. The summed E-state index contributed by atoms with van der Waals surface area (Å²) in [5, 5.41) is 10.0. The summed E-state index contributed by atoms with van der Waals surface area (Å²) in [7, 11) is 0. The third-order valence-electron chi connectivity index (χ3n) is 5.29. The SMILES string of the molecule is O=C(COC(=O)[C@@H]1CC(=O)N(C2CCCC2)C1)Nc1nnc(-c2ccccc2)o1. The molecular weight excluding hydrogens is 376 g/mol. The van der Waals surface area contributed by atoms with Crippen molar-refractivity contribution in [3.63, 3.8) is 0 Å². The number of ether oxygens (including phenoxy) is 1. The minimum atomic E-state index is -0.585. The lowest BCUT2D eigenvalue weighted by Gasteiger charge is -2.23. The molecule has 1 N–H and O–H groups in total. The predicted octanol–water partition coefficient (Wildman–Crippen LogP) is 2.01. The van der Waals surface area contributed by atoms with E-state index in [0.29, 0.717) is 6.54 Å². The van der Waals surface area contributed by atoms with Gasteiger partial charge in [-0.2, -0.15) is 0 Å². The van der Waals surface area contributed by atoms with Crippen LogP contribution in [0.5, 0.6) is 0 Å². The van der Waals surface area contributed by atoms with Crippen LogP contribution in [0.4, 0.5) is 6.01 Å². The number of nitrogens with one attached hydrogen (secondary N) is 1. The quantitative estimate of drug-likeness (QED) is 0.740. The van der Waals surface area contributed by atoms with Gasteiger partial charge in [0.15, 0.2) is 6.61 Å². The summed E-state index contributed by atoms with van der Waals surface area (Å²) in [4.78, 5) is 38.3. The Hall–Kier alpha value is -3.23. The van der Waals surface area contributed by atoms with E-state index >= 15 is 0 Å². The second kappa shape index (κ2) is 8.42. The van der Waals surface area contributed by atoms with Crippen molar-refractivity contribution in [2.45, 2.75) is 38.1 Å². The fourth-order valence-corrected chi connectivity index (χ4v) is 3.84. The zero-order valence-electron chi connectivity index (χ0n) is 15.9. The maximum atomic E-state index is 12.3. The smallest absolute Gasteiger partial charge is 0.322 e. The Morgan fingerprint density at radius 2 is 1.93 bits per heavy atom. The van der Waals surface area contributed by atoms with Crippen LogP contribution in [0.2, 0.25) is 0 Å². The molecule has 0 spiro atoms. The summed E-state index contributed by atoms with van der Waals surface area (Å²) in [6.07, 6.45) is 4.36. The average molecular weight is 398 g/mol. The molecule has 1 saturated heterocycles. The number of anilines is 1. The number of nitrogens with zero attached hydrogens (tertiary/aromatic N) is 3. The lowest BCUT2D eigenvalue weighted by atomic mass is 10.1. The van der Waals surface area contributed by atoms with Gasteiger partial charge in [0.1, 0.15) is 0 Å². The van der Waals surface area contributed by atoms with Gasteiger partial charge in [-0.1, -0.05) is 36.1 Å². The Balaban J connectivity index is 1.25. The molecule has 2 fully saturated rings. The van der Waals surface area contributed by atoms with Crippen LogP contribution in [0.1, 0.15) is 32.1 Å². The molecule has 152 valence electrons. The summed E-state index contributed by atoms with van der Waals surface area (Å²) >= 11 is 0. The van der Waals surface area contributed by atoms with Crippen LogP contribution in [-0.2, 0) is 19.1 Å². The second-order valence-corrected chi connectivity index (χ2v) is 7.32. The number of esters is 1. The maximum Gasteiger partial charge on any atom is 0.322 e. The Bertz CT molecular complexity index is 891. The van der Waals surface area contributed by atoms with Gasteiger partial charge in [-0.3, -0.25) is 19.7 Å². The Morgan fingerprint density at radius 1 is 1.17 bits per heavy atom. The van der Waals surface area contributed by atoms with Crippen molar-refractivity contribution in [1.29, 1.82) is 0 Å². The summed E-state index contributed by atoms with van der Waals surface area (Å²) in [5.41, 5.74) is 0.727. The highest BCUT2D eigenvalue weighted by molar-refractivity contribution is 5.92. The number of rotatable bonds is 6. The van der Waals surface area contributed by atoms with Gasteiger partial charge in [0.05, 0.1) is 5.92 Å². The van der Waals surface area contributed by atoms with Crippen LogP contribution in [0.3, 0.4) is 0 Å². The molecule has 1 aliphatic heterocycles. The molecule has 1 aromatic heterocycles. The van der Waals surface area contributed by atoms with Gasteiger partial charge >= 0.3 is 12.0 Å². The van der Waals surface area contributed by atoms with Crippen molar-refractivity contribution in [1.82, 2.24) is 15.1 Å². The highest BCUT2D eigenvalue weighted by Crippen LogP contribution is 2.29. The number of benzene rings is 1. The van der Waals surface area contributed by atoms with Crippen molar-refractivity contribution in [3.8, 4) is 11.5 Å². The second-order valence-electron chi connectivity index (χ2n) is 7.32. The van der Waals surface area contributed by atoms with E-state index in [1.807, 2.05) is 18.2 Å². The molecule has 1 aromatic carbocycles. The van der Waals surface area contributed by atoms with Crippen LogP contribution in [0.25, 0.3) is 11.5 Å². The molecule has 2 aliphatic rings. The first kappa shape index (κ1) is 19.1. The van der Waals surface area contributed by atoms with Gasteiger partial charge in [0.2, 0.25) is 11.8 Å². The lowest BCUT2D eigenvalue weighted by molar-refractivity contribution is -0.151. The van der Waals surface area contributed by atoms with E-state index in [1.54, 1.807) is 17.0 Å². The highest BCUT2D eigenvalue weighted by Gasteiger charge is 2.39. The first-order chi connectivity index (χ1) is 14.1. The number of hydrogen-bond donors (Lipinski definition) is 1. The van der Waals surface area contributed by atoms with Gasteiger partial charge in [-0.15, -0.1) is 5.10 Å². The largest absolute Gasteiger partial charge is 0.455 e. The van der Waals surface area contributed by atoms with E-state index < -0.39 is 24.4 Å². The van der Waals surface area contributed by atoms with Gasteiger partial charge in [-0.05, 0) is 25.0 Å². The van der Waals surface area contributed by atoms with Crippen LogP contribution in [0.15, 0.2) is 34.7 Å². The molecule has 0 bridgehead atoms. The summed E-state index contributed by atoms with van der Waals surface area (Å²) in [6.45, 7) is -0.107. The Kier molecular flexibility index (Phi) is 5.55. The molecule has 29 heavy (non-hydrogen) atoms. The number of carbonyl (C=O) groups is 3. The van der Waals surface area contributed by atoms with E-state index in [9.17, 15) is 14.4 Å². The Labute approximate surface area is 167 Å². The first-order valence-electron chi connectivity index (χ1n) is 9.75. The van der Waals surface area contributed by atoms with Crippen LogP contribution < -0.4 is 5.32 Å². The van der Waals surface area contributed by atoms with Crippen LogP contribution in [0, 0.1) is 5.92 Å². The minimum Gasteiger partial charge on any atom is -0.455 e. The fraction of sp³-hybridized carbons (Fsp3) is 0.450. The average Bonchev–Trinajstić information content (AvgIpc) is 3.47. The topological polar surface area (TPSA) is 115 Å². The number of likely N-dealkylation sites (tertiary alicyclic amines) is 1.